The van der Waals surface area contributed by atoms with Crippen LogP contribution in [0.2, 0.25) is 0 Å². The fourth-order valence-electron chi connectivity index (χ4n) is 4.09. The molecule has 1 amide bonds. The third kappa shape index (κ3) is 4.72. The summed E-state index contributed by atoms with van der Waals surface area (Å²) in [4.78, 5) is 24.8. The molecule has 5 atom stereocenters. The second-order valence-electron chi connectivity index (χ2n) is 8.01. The summed E-state index contributed by atoms with van der Waals surface area (Å²) in [5.41, 5.74) is 0.687. The normalized spacial score (nSPS) is 24.6. The molecule has 0 radical (unpaired) electrons. The number of amides is 1. The molecule has 0 aliphatic carbocycles. The van der Waals surface area contributed by atoms with E-state index in [0.29, 0.717) is 17.7 Å². The van der Waals surface area contributed by atoms with Gasteiger partial charge in [-0.05, 0) is 30.0 Å². The Bertz CT molecular complexity index is 845. The largest absolute Gasteiger partial charge is 0.475 e. The molecule has 10 heteroatoms. The highest BCUT2D eigenvalue weighted by atomic mass is 16.6. The molecule has 5 unspecified atom stereocenters. The van der Waals surface area contributed by atoms with Crippen LogP contribution in [-0.4, -0.2) is 46.0 Å². The summed E-state index contributed by atoms with van der Waals surface area (Å²) >= 11 is 0. The number of nitrogens with zero attached hydrogens (tertiary/aromatic N) is 1. The number of nitro groups is 1. The quantitative estimate of drug-likeness (QED) is 0.289. The van der Waals surface area contributed by atoms with E-state index in [1.165, 1.54) is 6.26 Å². The van der Waals surface area contributed by atoms with Gasteiger partial charge in [-0.2, -0.15) is 0 Å². The number of benzene rings is 1. The van der Waals surface area contributed by atoms with Crippen molar-refractivity contribution in [3.63, 3.8) is 0 Å². The summed E-state index contributed by atoms with van der Waals surface area (Å²) in [5, 5.41) is 37.1. The van der Waals surface area contributed by atoms with E-state index in [-0.39, 0.29) is 5.92 Å². The monoisotopic (exact) mass is 415 g/mol. The van der Waals surface area contributed by atoms with Crippen molar-refractivity contribution < 1.29 is 24.2 Å². The molecule has 4 N–H and O–H groups in total. The van der Waals surface area contributed by atoms with E-state index in [0.717, 1.165) is 0 Å². The zero-order valence-electron chi connectivity index (χ0n) is 16.8. The molecular weight excluding hydrogens is 389 g/mol. The van der Waals surface area contributed by atoms with Crippen LogP contribution in [0.4, 0.5) is 0 Å². The predicted molar refractivity (Wildman–Crippen MR) is 110 cm³/mol. The molecule has 1 aromatic carbocycles. The van der Waals surface area contributed by atoms with E-state index in [9.17, 15) is 25.0 Å². The Morgan fingerprint density at radius 2 is 1.97 bits per heavy atom. The maximum absolute atomic E-state index is 13.1. The van der Waals surface area contributed by atoms with Crippen LogP contribution >= 0.6 is 0 Å². The molecule has 2 aromatic rings. The van der Waals surface area contributed by atoms with E-state index < -0.39 is 47.9 Å². The number of carbonyl (C=O) groups excluding carboxylic acids is 1. The van der Waals surface area contributed by atoms with Gasteiger partial charge in [0.25, 0.3) is 0 Å². The summed E-state index contributed by atoms with van der Waals surface area (Å²) in [6, 6.07) is 9.32. The van der Waals surface area contributed by atoms with Gasteiger partial charge in [-0.3, -0.25) is 20.2 Å². The van der Waals surface area contributed by atoms with E-state index in [2.05, 4.69) is 10.6 Å². The number of rotatable bonds is 8. The lowest BCUT2D eigenvalue weighted by Crippen LogP contribution is -2.53. The maximum Gasteiger partial charge on any atom is 0.475 e. The zero-order chi connectivity index (χ0) is 21.8. The van der Waals surface area contributed by atoms with Crippen LogP contribution in [-0.2, 0) is 4.79 Å². The van der Waals surface area contributed by atoms with Crippen molar-refractivity contribution in [2.45, 2.75) is 50.3 Å². The van der Waals surface area contributed by atoms with Gasteiger partial charge in [0.2, 0.25) is 11.9 Å². The van der Waals surface area contributed by atoms with Crippen LogP contribution in [0.15, 0.2) is 53.1 Å². The molecule has 1 aliphatic rings. The highest BCUT2D eigenvalue weighted by Crippen LogP contribution is 2.40. The molecule has 0 bridgehead atoms. The Labute approximate surface area is 174 Å². The van der Waals surface area contributed by atoms with E-state index in [4.69, 9.17) is 4.42 Å². The third-order valence-electron chi connectivity index (χ3n) is 5.40. The van der Waals surface area contributed by atoms with Crippen LogP contribution in [0.5, 0.6) is 0 Å². The molecule has 30 heavy (non-hydrogen) atoms. The van der Waals surface area contributed by atoms with Crippen molar-refractivity contribution in [3.05, 3.63) is 70.2 Å². The molecule has 3 rings (SSSR count). The number of furan rings is 1. The fraction of sp³-hybridized carbons (Fsp3) is 0.450. The predicted octanol–water partition coefficient (Wildman–Crippen LogP) is 1.26. The summed E-state index contributed by atoms with van der Waals surface area (Å²) in [6.45, 7) is 3.80. The topological polar surface area (TPSA) is 138 Å². The molecule has 0 saturated carbocycles. The number of nitrogens with one attached hydrogen (secondary N) is 2. The van der Waals surface area contributed by atoms with Gasteiger partial charge in [-0.15, -0.1) is 0 Å². The van der Waals surface area contributed by atoms with Gasteiger partial charge in [0.15, 0.2) is 0 Å². The van der Waals surface area contributed by atoms with Crippen molar-refractivity contribution >= 4 is 13.0 Å². The van der Waals surface area contributed by atoms with Crippen LogP contribution in [0.1, 0.15) is 43.6 Å². The Morgan fingerprint density at radius 1 is 1.27 bits per heavy atom. The van der Waals surface area contributed by atoms with E-state index >= 15 is 0 Å². The first-order valence-corrected chi connectivity index (χ1v) is 9.94. The van der Waals surface area contributed by atoms with Crippen molar-refractivity contribution in [1.82, 2.24) is 10.6 Å². The lowest BCUT2D eigenvalue weighted by Gasteiger charge is -2.23. The van der Waals surface area contributed by atoms with Gasteiger partial charge in [-0.1, -0.05) is 44.2 Å². The van der Waals surface area contributed by atoms with Crippen molar-refractivity contribution in [1.29, 1.82) is 0 Å². The number of hydrogen-bond acceptors (Lipinski definition) is 7. The SMILES string of the molecule is CC(C)CC(NC(=O)C1NC(c2ccccc2)C([N+](=O)[O-])C1c1ccco1)B(O)O. The van der Waals surface area contributed by atoms with Gasteiger partial charge < -0.3 is 19.8 Å². The second kappa shape index (κ2) is 9.42. The molecule has 1 aromatic heterocycles. The van der Waals surface area contributed by atoms with Gasteiger partial charge >= 0.3 is 7.12 Å². The molecule has 0 spiro atoms. The lowest BCUT2D eigenvalue weighted by molar-refractivity contribution is -0.527. The first kappa shape index (κ1) is 22.0. The van der Waals surface area contributed by atoms with Gasteiger partial charge in [0, 0.05) is 4.92 Å². The minimum absolute atomic E-state index is 0.109. The molecule has 1 fully saturated rings. The van der Waals surface area contributed by atoms with Crippen molar-refractivity contribution in [2.75, 3.05) is 0 Å². The summed E-state index contributed by atoms with van der Waals surface area (Å²) in [5.74, 6) is -1.86. The first-order valence-electron chi connectivity index (χ1n) is 9.94. The molecule has 1 saturated heterocycles. The minimum Gasteiger partial charge on any atom is -0.469 e. The Morgan fingerprint density at radius 3 is 2.50 bits per heavy atom. The fourth-order valence-corrected chi connectivity index (χ4v) is 4.09. The van der Waals surface area contributed by atoms with Crippen molar-refractivity contribution in [3.8, 4) is 0 Å². The zero-order valence-corrected chi connectivity index (χ0v) is 16.8. The maximum atomic E-state index is 13.1. The molecule has 160 valence electrons. The van der Waals surface area contributed by atoms with E-state index in [1.807, 2.05) is 19.9 Å². The van der Waals surface area contributed by atoms with Crippen LogP contribution in [0.25, 0.3) is 0 Å². The smallest absolute Gasteiger partial charge is 0.469 e. The minimum atomic E-state index is -1.74. The second-order valence-corrected chi connectivity index (χ2v) is 8.01. The average molecular weight is 415 g/mol. The Hall–Kier alpha value is -2.69. The van der Waals surface area contributed by atoms with Crippen molar-refractivity contribution in [2.24, 2.45) is 5.92 Å². The number of hydrogen-bond donors (Lipinski definition) is 4. The van der Waals surface area contributed by atoms with Gasteiger partial charge in [0.05, 0.1) is 12.2 Å². The third-order valence-corrected chi connectivity index (χ3v) is 5.40. The summed E-state index contributed by atoms with van der Waals surface area (Å²) < 4.78 is 5.46. The molecular formula is C20H26BN3O6. The number of carbonyl (C=O) groups is 1. The Balaban J connectivity index is 1.94. The molecule has 1 aliphatic heterocycles. The first-order chi connectivity index (χ1) is 14.3. The summed E-state index contributed by atoms with van der Waals surface area (Å²) in [6.07, 6.45) is 1.76. The highest BCUT2D eigenvalue weighted by Gasteiger charge is 2.56. The van der Waals surface area contributed by atoms with Crippen LogP contribution in [0, 0.1) is 16.0 Å². The summed E-state index contributed by atoms with van der Waals surface area (Å²) in [7, 11) is -1.74. The van der Waals surface area contributed by atoms with Gasteiger partial charge in [0.1, 0.15) is 23.8 Å². The van der Waals surface area contributed by atoms with Crippen LogP contribution in [0.3, 0.4) is 0 Å². The highest BCUT2D eigenvalue weighted by molar-refractivity contribution is 6.43. The lowest BCUT2D eigenvalue weighted by atomic mass is 9.74. The molecule has 2 heterocycles. The Kier molecular flexibility index (Phi) is 6.91. The van der Waals surface area contributed by atoms with E-state index in [1.54, 1.807) is 36.4 Å². The molecule has 9 nitrogen and oxygen atoms in total. The van der Waals surface area contributed by atoms with Crippen LogP contribution < -0.4 is 10.6 Å². The standard InChI is InChI=1S/C20H26BN3O6/c1-12(2)11-15(21(26)27)22-20(25)18-16(14-9-6-10-30-14)19(24(28)29)17(23-18)13-7-4-3-5-8-13/h3-10,12,15-19,23,26-27H,11H2,1-2H3,(H,22,25). The average Bonchev–Trinajstić information content (AvgIpc) is 3.35. The van der Waals surface area contributed by atoms with Gasteiger partial charge in [-0.25, -0.2) is 0 Å².